The van der Waals surface area contributed by atoms with E-state index in [0.717, 1.165) is 24.3 Å². The van der Waals surface area contributed by atoms with Gasteiger partial charge in [-0.15, -0.1) is 0 Å². The normalized spacial score (nSPS) is 12.0. The van der Waals surface area contributed by atoms with Crippen molar-refractivity contribution < 1.29 is 0 Å². The molecule has 102 valence electrons. The van der Waals surface area contributed by atoms with Crippen molar-refractivity contribution in [1.29, 1.82) is 0 Å². The predicted octanol–water partition coefficient (Wildman–Crippen LogP) is 4.07. The molecule has 0 aliphatic carbocycles. The number of nitrogens with zero attached hydrogens (tertiary/aromatic N) is 1. The van der Waals surface area contributed by atoms with Crippen molar-refractivity contribution in [3.63, 3.8) is 0 Å². The fraction of sp³-hybridized carbons (Fsp3) is 0.471. The van der Waals surface area contributed by atoms with E-state index < -0.39 is 0 Å². The maximum atomic E-state index is 4.53. The van der Waals surface area contributed by atoms with Gasteiger partial charge in [-0.1, -0.05) is 32.9 Å². The minimum absolute atomic E-state index is 0.401. The van der Waals surface area contributed by atoms with E-state index in [4.69, 9.17) is 0 Å². The number of hydrogen-bond donors (Lipinski definition) is 1. The van der Waals surface area contributed by atoms with Gasteiger partial charge >= 0.3 is 0 Å². The minimum atomic E-state index is 0.401. The molecule has 0 radical (unpaired) electrons. The van der Waals surface area contributed by atoms with E-state index in [2.05, 4.69) is 61.4 Å². The van der Waals surface area contributed by atoms with Crippen LogP contribution in [0.1, 0.15) is 38.4 Å². The molecular weight excluding hydrogens is 232 g/mol. The van der Waals surface area contributed by atoms with Crippen molar-refractivity contribution >= 4 is 10.9 Å². The summed E-state index contributed by atoms with van der Waals surface area (Å²) in [6.45, 7) is 10.9. The lowest BCUT2D eigenvalue weighted by atomic mass is 9.92. The summed E-state index contributed by atoms with van der Waals surface area (Å²) in [5.41, 5.74) is 3.88. The van der Waals surface area contributed by atoms with Crippen molar-refractivity contribution in [2.75, 3.05) is 6.54 Å². The lowest BCUT2D eigenvalue weighted by molar-refractivity contribution is 0.366. The first kappa shape index (κ1) is 14.0. The topological polar surface area (TPSA) is 24.9 Å². The summed E-state index contributed by atoms with van der Waals surface area (Å²) in [5, 5.41) is 4.74. The Hall–Kier alpha value is -1.41. The fourth-order valence-corrected chi connectivity index (χ4v) is 2.08. The second-order valence-electron chi connectivity index (χ2n) is 6.47. The lowest BCUT2D eigenvalue weighted by Gasteiger charge is -2.18. The Bertz CT molecular complexity index is 553. The quantitative estimate of drug-likeness (QED) is 0.834. The third-order valence-electron chi connectivity index (χ3n) is 3.27. The Morgan fingerprint density at radius 3 is 2.63 bits per heavy atom. The van der Waals surface area contributed by atoms with Gasteiger partial charge in [-0.3, -0.25) is 4.98 Å². The van der Waals surface area contributed by atoms with Crippen molar-refractivity contribution in [1.82, 2.24) is 10.3 Å². The van der Waals surface area contributed by atoms with Crippen molar-refractivity contribution in [2.45, 2.75) is 40.7 Å². The maximum absolute atomic E-state index is 4.53. The summed E-state index contributed by atoms with van der Waals surface area (Å²) >= 11 is 0. The molecule has 0 fully saturated rings. The third-order valence-corrected chi connectivity index (χ3v) is 3.27. The van der Waals surface area contributed by atoms with E-state index in [-0.39, 0.29) is 0 Å². The number of fused-ring (bicyclic) bond motifs is 1. The molecule has 2 nitrogen and oxygen atoms in total. The minimum Gasteiger partial charge on any atom is -0.313 e. The van der Waals surface area contributed by atoms with Crippen LogP contribution in [0.4, 0.5) is 0 Å². The average Bonchev–Trinajstić information content (AvgIpc) is 2.33. The third kappa shape index (κ3) is 4.32. The van der Waals surface area contributed by atoms with Crippen LogP contribution < -0.4 is 5.32 Å². The fourth-order valence-electron chi connectivity index (χ4n) is 2.08. The van der Waals surface area contributed by atoms with Crippen LogP contribution in [0.5, 0.6) is 0 Å². The summed E-state index contributed by atoms with van der Waals surface area (Å²) in [6, 6.07) is 10.7. The Kier molecular flexibility index (Phi) is 4.20. The molecule has 2 rings (SSSR count). The Morgan fingerprint density at radius 1 is 1.11 bits per heavy atom. The molecule has 0 aliphatic heterocycles. The van der Waals surface area contributed by atoms with Crippen LogP contribution in [-0.2, 0) is 6.54 Å². The van der Waals surface area contributed by atoms with Gasteiger partial charge in [0, 0.05) is 17.6 Å². The molecule has 0 saturated carbocycles. The van der Waals surface area contributed by atoms with Gasteiger partial charge in [0.1, 0.15) is 0 Å². The van der Waals surface area contributed by atoms with Gasteiger partial charge < -0.3 is 5.32 Å². The smallest absolute Gasteiger partial charge is 0.0705 e. The molecule has 1 aromatic carbocycles. The highest BCUT2D eigenvalue weighted by Gasteiger charge is 2.08. The molecular formula is C17H24N2. The molecule has 0 atom stereocenters. The van der Waals surface area contributed by atoms with E-state index in [1.807, 2.05) is 6.92 Å². The molecule has 0 unspecified atom stereocenters. The summed E-state index contributed by atoms with van der Waals surface area (Å²) in [4.78, 5) is 4.53. The van der Waals surface area contributed by atoms with Gasteiger partial charge in [-0.2, -0.15) is 0 Å². The molecule has 0 bridgehead atoms. The number of pyridine rings is 1. The number of nitrogens with one attached hydrogen (secondary N) is 1. The van der Waals surface area contributed by atoms with Gasteiger partial charge in [0.25, 0.3) is 0 Å². The first-order valence-electron chi connectivity index (χ1n) is 7.01. The highest BCUT2D eigenvalue weighted by atomic mass is 14.8. The molecule has 2 heteroatoms. The summed E-state index contributed by atoms with van der Waals surface area (Å²) in [7, 11) is 0. The monoisotopic (exact) mass is 256 g/mol. The Balaban J connectivity index is 1.96. The first-order valence-corrected chi connectivity index (χ1v) is 7.01. The van der Waals surface area contributed by atoms with Crippen LogP contribution in [0.25, 0.3) is 10.9 Å². The summed E-state index contributed by atoms with van der Waals surface area (Å²) in [6.07, 6.45) is 1.20. The van der Waals surface area contributed by atoms with Gasteiger partial charge in [-0.05, 0) is 49.1 Å². The first-order chi connectivity index (χ1) is 8.94. The lowest BCUT2D eigenvalue weighted by Crippen LogP contribution is -2.20. The number of hydrogen-bond acceptors (Lipinski definition) is 2. The molecule has 2 aromatic rings. The summed E-state index contributed by atoms with van der Waals surface area (Å²) < 4.78 is 0. The van der Waals surface area contributed by atoms with Crippen LogP contribution in [-0.4, -0.2) is 11.5 Å². The maximum Gasteiger partial charge on any atom is 0.0705 e. The Labute approximate surface area is 116 Å². The van der Waals surface area contributed by atoms with E-state index in [9.17, 15) is 0 Å². The van der Waals surface area contributed by atoms with Crippen molar-refractivity contribution in [3.05, 3.63) is 41.6 Å². The van der Waals surface area contributed by atoms with Crippen LogP contribution in [0.2, 0.25) is 0 Å². The van der Waals surface area contributed by atoms with Gasteiger partial charge in [-0.25, -0.2) is 0 Å². The number of rotatable bonds is 4. The molecule has 0 aliphatic rings. The zero-order valence-electron chi connectivity index (χ0n) is 12.5. The zero-order chi connectivity index (χ0) is 13.9. The van der Waals surface area contributed by atoms with Gasteiger partial charge in [0.05, 0.1) is 5.52 Å². The summed E-state index contributed by atoms with van der Waals surface area (Å²) in [5.74, 6) is 0. The van der Waals surface area contributed by atoms with Crippen LogP contribution in [0, 0.1) is 12.3 Å². The molecule has 1 aromatic heterocycles. The zero-order valence-corrected chi connectivity index (χ0v) is 12.5. The number of benzene rings is 1. The van der Waals surface area contributed by atoms with Crippen LogP contribution in [0.15, 0.2) is 30.3 Å². The highest BCUT2D eigenvalue weighted by molar-refractivity contribution is 5.79. The Morgan fingerprint density at radius 2 is 1.89 bits per heavy atom. The highest BCUT2D eigenvalue weighted by Crippen LogP contribution is 2.17. The van der Waals surface area contributed by atoms with Crippen molar-refractivity contribution in [2.24, 2.45) is 5.41 Å². The van der Waals surface area contributed by atoms with Crippen LogP contribution >= 0.6 is 0 Å². The van der Waals surface area contributed by atoms with E-state index in [1.165, 1.54) is 17.4 Å². The van der Waals surface area contributed by atoms with Gasteiger partial charge in [0.15, 0.2) is 0 Å². The molecule has 1 heterocycles. The second-order valence-corrected chi connectivity index (χ2v) is 6.47. The molecule has 0 saturated heterocycles. The number of aryl methyl sites for hydroxylation is 1. The SMILES string of the molecule is Cc1ccc2cc(CNCCC(C)(C)C)ccc2n1. The van der Waals surface area contributed by atoms with E-state index >= 15 is 0 Å². The van der Waals surface area contributed by atoms with E-state index in [1.54, 1.807) is 0 Å². The number of aromatic nitrogens is 1. The predicted molar refractivity (Wildman–Crippen MR) is 82.3 cm³/mol. The molecule has 0 spiro atoms. The second kappa shape index (κ2) is 5.70. The molecule has 1 N–H and O–H groups in total. The molecule has 19 heavy (non-hydrogen) atoms. The molecule has 0 amide bonds. The van der Waals surface area contributed by atoms with Gasteiger partial charge in [0.2, 0.25) is 0 Å². The van der Waals surface area contributed by atoms with Crippen molar-refractivity contribution in [3.8, 4) is 0 Å². The standard InChI is InChI=1S/C17H24N2/c1-13-5-7-15-11-14(6-8-16(15)19-13)12-18-10-9-17(2,3)4/h5-8,11,18H,9-10,12H2,1-4H3. The van der Waals surface area contributed by atoms with E-state index in [0.29, 0.717) is 5.41 Å². The largest absolute Gasteiger partial charge is 0.313 e. The average molecular weight is 256 g/mol. The van der Waals surface area contributed by atoms with Crippen LogP contribution in [0.3, 0.4) is 0 Å².